The van der Waals surface area contributed by atoms with E-state index in [-0.39, 0.29) is 0 Å². The fraction of sp³-hybridized carbons (Fsp3) is 0.267. The third-order valence-electron chi connectivity index (χ3n) is 3.41. The van der Waals surface area contributed by atoms with E-state index in [9.17, 15) is 5.11 Å². The van der Waals surface area contributed by atoms with Crippen LogP contribution < -0.4 is 0 Å². The minimum Gasteiger partial charge on any atom is -0.381 e. The molecular formula is C15H15NO. The number of fused-ring (bicyclic) bond motifs is 1. The highest BCUT2D eigenvalue weighted by Gasteiger charge is 2.27. The molecule has 1 unspecified atom stereocenters. The molecule has 0 saturated heterocycles. The van der Waals surface area contributed by atoms with Crippen molar-refractivity contribution in [3.63, 3.8) is 0 Å². The molecule has 0 spiro atoms. The van der Waals surface area contributed by atoms with Crippen LogP contribution in [0.2, 0.25) is 0 Å². The molecule has 1 heterocycles. The summed E-state index contributed by atoms with van der Waals surface area (Å²) in [6.45, 7) is 0. The average Bonchev–Trinajstić information content (AvgIpc) is 2.39. The van der Waals surface area contributed by atoms with Gasteiger partial charge in [0, 0.05) is 17.1 Å². The molecule has 2 aromatic rings. The molecule has 0 aliphatic heterocycles. The van der Waals surface area contributed by atoms with Crippen LogP contribution in [-0.4, -0.2) is 10.1 Å². The van der Waals surface area contributed by atoms with Gasteiger partial charge in [0.15, 0.2) is 0 Å². The molecule has 2 nitrogen and oxygen atoms in total. The number of hydrogen-bond donors (Lipinski definition) is 1. The van der Waals surface area contributed by atoms with Gasteiger partial charge in [0.05, 0.1) is 5.52 Å². The summed E-state index contributed by atoms with van der Waals surface area (Å²) in [5, 5.41) is 11.7. The number of pyridine rings is 1. The topological polar surface area (TPSA) is 33.1 Å². The first kappa shape index (κ1) is 10.5. The fourth-order valence-corrected chi connectivity index (χ4v) is 2.40. The van der Waals surface area contributed by atoms with E-state index in [1.165, 1.54) is 0 Å². The lowest BCUT2D eigenvalue weighted by Gasteiger charge is -2.27. The van der Waals surface area contributed by atoms with E-state index in [1.807, 2.05) is 36.4 Å². The molecule has 0 amide bonds. The second kappa shape index (κ2) is 3.97. The van der Waals surface area contributed by atoms with Gasteiger partial charge in [-0.05, 0) is 31.4 Å². The quantitative estimate of drug-likeness (QED) is 0.756. The molecule has 3 rings (SSSR count). The van der Waals surface area contributed by atoms with Crippen molar-refractivity contribution < 1.29 is 5.11 Å². The number of allylic oxidation sites excluding steroid dienone is 1. The highest BCUT2D eigenvalue weighted by molar-refractivity contribution is 5.79. The zero-order valence-electron chi connectivity index (χ0n) is 9.63. The Balaban J connectivity index is 2.11. The first-order valence-corrected chi connectivity index (χ1v) is 6.03. The molecule has 1 aliphatic carbocycles. The lowest BCUT2D eigenvalue weighted by molar-refractivity contribution is 0.0724. The summed E-state index contributed by atoms with van der Waals surface area (Å²) < 4.78 is 0. The number of aliphatic hydroxyl groups is 1. The van der Waals surface area contributed by atoms with Gasteiger partial charge >= 0.3 is 0 Å². The van der Waals surface area contributed by atoms with Crippen LogP contribution in [0.4, 0.5) is 0 Å². The molecule has 1 atom stereocenters. The van der Waals surface area contributed by atoms with Crippen LogP contribution in [-0.2, 0) is 5.60 Å². The average molecular weight is 225 g/mol. The second-order valence-corrected chi connectivity index (χ2v) is 4.64. The van der Waals surface area contributed by atoms with Crippen LogP contribution >= 0.6 is 0 Å². The highest BCUT2D eigenvalue weighted by Crippen LogP contribution is 2.33. The van der Waals surface area contributed by atoms with Gasteiger partial charge in [-0.2, -0.15) is 0 Å². The van der Waals surface area contributed by atoms with E-state index in [1.54, 1.807) is 6.20 Å². The van der Waals surface area contributed by atoms with Crippen molar-refractivity contribution in [1.82, 2.24) is 4.98 Å². The summed E-state index contributed by atoms with van der Waals surface area (Å²) >= 11 is 0. The second-order valence-electron chi connectivity index (χ2n) is 4.64. The molecule has 0 saturated carbocycles. The largest absolute Gasteiger partial charge is 0.381 e. The van der Waals surface area contributed by atoms with Crippen LogP contribution in [0, 0.1) is 0 Å². The lowest BCUT2D eigenvalue weighted by atomic mass is 9.85. The van der Waals surface area contributed by atoms with E-state index < -0.39 is 5.60 Å². The van der Waals surface area contributed by atoms with Gasteiger partial charge in [-0.15, -0.1) is 0 Å². The van der Waals surface area contributed by atoms with Gasteiger partial charge in [-0.1, -0.05) is 30.4 Å². The normalized spacial score (nSPS) is 24.1. The van der Waals surface area contributed by atoms with E-state index in [0.29, 0.717) is 0 Å². The molecule has 0 radical (unpaired) electrons. The molecule has 1 aromatic carbocycles. The van der Waals surface area contributed by atoms with Crippen molar-refractivity contribution in [3.05, 3.63) is 54.2 Å². The maximum Gasteiger partial charge on any atom is 0.109 e. The third kappa shape index (κ3) is 1.85. The maximum atomic E-state index is 10.6. The minimum absolute atomic E-state index is 0.781. The molecule has 0 fully saturated rings. The zero-order chi connectivity index (χ0) is 11.7. The van der Waals surface area contributed by atoms with Crippen LogP contribution in [0.1, 0.15) is 24.8 Å². The van der Waals surface area contributed by atoms with Gasteiger partial charge in [0.25, 0.3) is 0 Å². The van der Waals surface area contributed by atoms with E-state index in [2.05, 4.69) is 11.1 Å². The summed E-state index contributed by atoms with van der Waals surface area (Å²) in [5.74, 6) is 0. The molecule has 0 bridgehead atoms. The molecule has 2 heteroatoms. The highest BCUT2D eigenvalue weighted by atomic mass is 16.3. The van der Waals surface area contributed by atoms with E-state index in [4.69, 9.17) is 0 Å². The van der Waals surface area contributed by atoms with Gasteiger partial charge in [0.2, 0.25) is 0 Å². The number of rotatable bonds is 1. The van der Waals surface area contributed by atoms with Crippen molar-refractivity contribution >= 4 is 10.9 Å². The lowest BCUT2D eigenvalue weighted by Crippen LogP contribution is -2.24. The van der Waals surface area contributed by atoms with Crippen LogP contribution in [0.25, 0.3) is 10.9 Å². The molecule has 1 aliphatic rings. The minimum atomic E-state index is -0.824. The van der Waals surface area contributed by atoms with Crippen molar-refractivity contribution in [3.8, 4) is 0 Å². The first-order valence-electron chi connectivity index (χ1n) is 6.03. The van der Waals surface area contributed by atoms with Crippen LogP contribution in [0.5, 0.6) is 0 Å². The van der Waals surface area contributed by atoms with Gasteiger partial charge in [-0.3, -0.25) is 4.98 Å². The summed E-state index contributed by atoms with van der Waals surface area (Å²) in [6.07, 6.45) is 8.62. The Labute approximate surface area is 101 Å². The number of nitrogens with zero attached hydrogens (tertiary/aromatic N) is 1. The van der Waals surface area contributed by atoms with Crippen molar-refractivity contribution in [1.29, 1.82) is 0 Å². The number of hydrogen-bond acceptors (Lipinski definition) is 2. The Morgan fingerprint density at radius 3 is 2.94 bits per heavy atom. The molecule has 1 aromatic heterocycles. The fourth-order valence-electron chi connectivity index (χ4n) is 2.40. The Hall–Kier alpha value is -1.67. The Bertz CT molecular complexity index is 576. The van der Waals surface area contributed by atoms with Gasteiger partial charge in [0.1, 0.15) is 5.60 Å². The first-order chi connectivity index (χ1) is 8.28. The van der Waals surface area contributed by atoms with E-state index >= 15 is 0 Å². The van der Waals surface area contributed by atoms with Gasteiger partial charge < -0.3 is 5.11 Å². The smallest absolute Gasteiger partial charge is 0.109 e. The van der Waals surface area contributed by atoms with Crippen LogP contribution in [0.15, 0.2) is 48.7 Å². The summed E-state index contributed by atoms with van der Waals surface area (Å²) in [7, 11) is 0. The number of benzene rings is 1. The van der Waals surface area contributed by atoms with E-state index in [0.717, 1.165) is 35.7 Å². The van der Waals surface area contributed by atoms with Gasteiger partial charge in [-0.25, -0.2) is 0 Å². The van der Waals surface area contributed by atoms with Crippen molar-refractivity contribution in [2.75, 3.05) is 0 Å². The molecule has 86 valence electrons. The SMILES string of the molecule is OC1(c2cnc3ccccc3c2)C=CCCC1. The standard InChI is InChI=1S/C15H15NO/c17-15(8-4-1-5-9-15)13-10-12-6-2-3-7-14(12)16-11-13/h2-4,6-8,10-11,17H,1,5,9H2. The summed E-state index contributed by atoms with van der Waals surface area (Å²) in [5.41, 5.74) is 1.04. The molecular weight excluding hydrogens is 210 g/mol. The predicted octanol–water partition coefficient (Wildman–Crippen LogP) is 3.16. The Morgan fingerprint density at radius 1 is 1.24 bits per heavy atom. The Kier molecular flexibility index (Phi) is 2.45. The third-order valence-corrected chi connectivity index (χ3v) is 3.41. The van der Waals surface area contributed by atoms with Crippen molar-refractivity contribution in [2.24, 2.45) is 0 Å². The van der Waals surface area contributed by atoms with Crippen LogP contribution in [0.3, 0.4) is 0 Å². The summed E-state index contributed by atoms with van der Waals surface area (Å²) in [4.78, 5) is 4.41. The Morgan fingerprint density at radius 2 is 2.12 bits per heavy atom. The monoisotopic (exact) mass is 225 g/mol. The van der Waals surface area contributed by atoms with Crippen molar-refractivity contribution in [2.45, 2.75) is 24.9 Å². The number of para-hydroxylation sites is 1. The predicted molar refractivity (Wildman–Crippen MR) is 68.6 cm³/mol. The zero-order valence-corrected chi connectivity index (χ0v) is 9.63. The maximum absolute atomic E-state index is 10.6. The summed E-state index contributed by atoms with van der Waals surface area (Å²) in [6, 6.07) is 10.0. The molecule has 1 N–H and O–H groups in total. The molecule has 17 heavy (non-hydrogen) atoms. The number of aromatic nitrogens is 1.